The van der Waals surface area contributed by atoms with Crippen LogP contribution in [0.15, 0.2) is 36.4 Å². The number of carbonyl (C=O) groups excluding carboxylic acids is 2. The Morgan fingerprint density at radius 1 is 1.03 bits per heavy atom. The SMILES string of the molecule is Cc1cc(C)n(-c2ccc(NCCNC(=O)C3CC(=O)N(c4ccc(C)c(C)c4)C3)nn2)n1. The second kappa shape index (κ2) is 9.40. The molecule has 1 fully saturated rings. The molecule has 0 aliphatic carbocycles. The zero-order valence-electron chi connectivity index (χ0n) is 19.4. The van der Waals surface area contributed by atoms with E-state index < -0.39 is 0 Å². The fourth-order valence-electron chi connectivity index (χ4n) is 3.94. The van der Waals surface area contributed by atoms with Gasteiger partial charge in [0.1, 0.15) is 5.82 Å². The molecule has 9 heteroatoms. The number of hydrogen-bond donors (Lipinski definition) is 2. The second-order valence-electron chi connectivity index (χ2n) is 8.51. The van der Waals surface area contributed by atoms with E-state index in [2.05, 4.69) is 25.9 Å². The first kappa shape index (κ1) is 22.4. The van der Waals surface area contributed by atoms with E-state index in [1.165, 1.54) is 5.56 Å². The summed E-state index contributed by atoms with van der Waals surface area (Å²) in [6, 6.07) is 11.6. The van der Waals surface area contributed by atoms with E-state index in [0.717, 1.165) is 22.6 Å². The molecule has 9 nitrogen and oxygen atoms in total. The maximum absolute atomic E-state index is 12.6. The summed E-state index contributed by atoms with van der Waals surface area (Å²) in [5.74, 6) is 0.793. The maximum Gasteiger partial charge on any atom is 0.227 e. The molecule has 0 spiro atoms. The van der Waals surface area contributed by atoms with Crippen LogP contribution in [0.4, 0.5) is 11.5 Å². The van der Waals surface area contributed by atoms with Crippen LogP contribution >= 0.6 is 0 Å². The standard InChI is InChI=1S/C24H29N7O2/c1-15-5-6-20(11-16(15)2)30-14-19(13-23(30)32)24(33)26-10-9-25-21-7-8-22(28-27-21)31-18(4)12-17(3)29-31/h5-8,11-12,19H,9-10,13-14H2,1-4H3,(H,25,27)(H,26,33). The maximum atomic E-state index is 12.6. The molecule has 172 valence electrons. The summed E-state index contributed by atoms with van der Waals surface area (Å²) >= 11 is 0. The lowest BCUT2D eigenvalue weighted by atomic mass is 10.1. The Balaban J connectivity index is 1.24. The van der Waals surface area contributed by atoms with Crippen LogP contribution in [0, 0.1) is 33.6 Å². The number of nitrogens with one attached hydrogen (secondary N) is 2. The fourth-order valence-corrected chi connectivity index (χ4v) is 3.94. The highest BCUT2D eigenvalue weighted by atomic mass is 16.2. The van der Waals surface area contributed by atoms with Gasteiger partial charge in [0.15, 0.2) is 5.82 Å². The summed E-state index contributed by atoms with van der Waals surface area (Å²) in [4.78, 5) is 26.7. The first-order chi connectivity index (χ1) is 15.8. The number of aromatic nitrogens is 4. The van der Waals surface area contributed by atoms with Crippen molar-refractivity contribution >= 4 is 23.3 Å². The number of aryl methyl sites for hydroxylation is 4. The van der Waals surface area contributed by atoms with Crippen molar-refractivity contribution in [2.45, 2.75) is 34.1 Å². The Hall–Kier alpha value is -3.75. The van der Waals surface area contributed by atoms with E-state index in [4.69, 9.17) is 0 Å². The van der Waals surface area contributed by atoms with Crippen molar-refractivity contribution in [2.24, 2.45) is 5.92 Å². The lowest BCUT2D eigenvalue weighted by Gasteiger charge is -2.18. The first-order valence-corrected chi connectivity index (χ1v) is 11.1. The Kier molecular flexibility index (Phi) is 6.39. The summed E-state index contributed by atoms with van der Waals surface area (Å²) in [6.45, 7) is 9.29. The Bertz CT molecular complexity index is 1170. The van der Waals surface area contributed by atoms with Gasteiger partial charge >= 0.3 is 0 Å². The molecule has 1 aliphatic rings. The van der Waals surface area contributed by atoms with Gasteiger partial charge in [0.25, 0.3) is 0 Å². The highest BCUT2D eigenvalue weighted by Crippen LogP contribution is 2.26. The Labute approximate surface area is 193 Å². The van der Waals surface area contributed by atoms with E-state index >= 15 is 0 Å². The van der Waals surface area contributed by atoms with Crippen LogP contribution < -0.4 is 15.5 Å². The van der Waals surface area contributed by atoms with E-state index in [0.29, 0.717) is 31.3 Å². The van der Waals surface area contributed by atoms with Crippen molar-refractivity contribution in [3.8, 4) is 5.82 Å². The highest BCUT2D eigenvalue weighted by Gasteiger charge is 2.35. The van der Waals surface area contributed by atoms with Crippen molar-refractivity contribution in [3.05, 3.63) is 58.9 Å². The monoisotopic (exact) mass is 447 g/mol. The average Bonchev–Trinajstić information content (AvgIpc) is 3.35. The third-order valence-electron chi connectivity index (χ3n) is 5.91. The van der Waals surface area contributed by atoms with Crippen LogP contribution in [0.25, 0.3) is 5.82 Å². The topological polar surface area (TPSA) is 105 Å². The highest BCUT2D eigenvalue weighted by molar-refractivity contribution is 6.00. The minimum absolute atomic E-state index is 0.0190. The van der Waals surface area contributed by atoms with Crippen LogP contribution in [-0.4, -0.2) is 51.4 Å². The van der Waals surface area contributed by atoms with Crippen LogP contribution in [-0.2, 0) is 9.59 Å². The van der Waals surface area contributed by atoms with E-state index in [1.807, 2.05) is 64.1 Å². The Morgan fingerprint density at radius 2 is 1.85 bits per heavy atom. The summed E-state index contributed by atoms with van der Waals surface area (Å²) in [5, 5.41) is 18.9. The molecule has 1 aliphatic heterocycles. The summed E-state index contributed by atoms with van der Waals surface area (Å²) in [5.41, 5.74) is 5.07. The number of benzene rings is 1. The molecule has 3 aromatic rings. The van der Waals surface area contributed by atoms with E-state index in [9.17, 15) is 9.59 Å². The quantitative estimate of drug-likeness (QED) is 0.539. The number of amides is 2. The molecule has 2 N–H and O–H groups in total. The number of rotatable bonds is 7. The zero-order chi connectivity index (χ0) is 23.5. The minimum Gasteiger partial charge on any atom is -0.367 e. The molecule has 0 radical (unpaired) electrons. The number of nitrogens with zero attached hydrogens (tertiary/aromatic N) is 5. The van der Waals surface area contributed by atoms with Crippen LogP contribution in [0.5, 0.6) is 0 Å². The average molecular weight is 448 g/mol. The third kappa shape index (κ3) is 5.02. The number of anilines is 2. The minimum atomic E-state index is -0.348. The van der Waals surface area contributed by atoms with Crippen LogP contribution in [0.1, 0.15) is 28.9 Å². The molecule has 3 heterocycles. The van der Waals surface area contributed by atoms with Gasteiger partial charge in [0, 0.05) is 37.4 Å². The van der Waals surface area contributed by atoms with Crippen molar-refractivity contribution < 1.29 is 9.59 Å². The van der Waals surface area contributed by atoms with Gasteiger partial charge in [-0.05, 0) is 69.2 Å². The van der Waals surface area contributed by atoms with E-state index in [1.54, 1.807) is 9.58 Å². The summed E-state index contributed by atoms with van der Waals surface area (Å²) in [7, 11) is 0. The lowest BCUT2D eigenvalue weighted by Crippen LogP contribution is -2.35. The number of hydrogen-bond acceptors (Lipinski definition) is 6. The van der Waals surface area contributed by atoms with Crippen molar-refractivity contribution in [1.29, 1.82) is 0 Å². The number of carbonyl (C=O) groups is 2. The largest absolute Gasteiger partial charge is 0.367 e. The van der Waals surface area contributed by atoms with Gasteiger partial charge in [0.2, 0.25) is 11.8 Å². The third-order valence-corrected chi connectivity index (χ3v) is 5.91. The molecule has 33 heavy (non-hydrogen) atoms. The predicted octanol–water partition coefficient (Wildman–Crippen LogP) is 2.48. The van der Waals surface area contributed by atoms with Gasteiger partial charge < -0.3 is 15.5 Å². The predicted molar refractivity (Wildman–Crippen MR) is 127 cm³/mol. The van der Waals surface area contributed by atoms with Crippen molar-refractivity contribution in [1.82, 2.24) is 25.3 Å². The molecule has 1 atom stereocenters. The van der Waals surface area contributed by atoms with Crippen molar-refractivity contribution in [3.63, 3.8) is 0 Å². The molecule has 1 saturated heterocycles. The van der Waals surface area contributed by atoms with Gasteiger partial charge in [-0.1, -0.05) is 6.07 Å². The molecule has 0 saturated carbocycles. The van der Waals surface area contributed by atoms with Crippen LogP contribution in [0.3, 0.4) is 0 Å². The van der Waals surface area contributed by atoms with Gasteiger partial charge in [-0.25, -0.2) is 4.68 Å². The fraction of sp³-hybridized carbons (Fsp3) is 0.375. The molecule has 1 unspecified atom stereocenters. The Morgan fingerprint density at radius 3 is 2.52 bits per heavy atom. The van der Waals surface area contributed by atoms with Crippen molar-refractivity contribution in [2.75, 3.05) is 29.9 Å². The van der Waals surface area contributed by atoms with Gasteiger partial charge in [-0.2, -0.15) is 5.10 Å². The van der Waals surface area contributed by atoms with Gasteiger partial charge in [-0.3, -0.25) is 9.59 Å². The van der Waals surface area contributed by atoms with Crippen LogP contribution in [0.2, 0.25) is 0 Å². The summed E-state index contributed by atoms with van der Waals surface area (Å²) < 4.78 is 1.75. The normalized spacial score (nSPS) is 15.7. The molecule has 1 aromatic carbocycles. The molecule has 0 bridgehead atoms. The smallest absolute Gasteiger partial charge is 0.227 e. The van der Waals surface area contributed by atoms with Gasteiger partial charge in [-0.15, -0.1) is 10.2 Å². The lowest BCUT2D eigenvalue weighted by molar-refractivity contribution is -0.126. The molecular formula is C24H29N7O2. The first-order valence-electron chi connectivity index (χ1n) is 11.1. The molecule has 2 amide bonds. The van der Waals surface area contributed by atoms with Gasteiger partial charge in [0.05, 0.1) is 11.6 Å². The summed E-state index contributed by atoms with van der Waals surface area (Å²) in [6.07, 6.45) is 0.228. The van der Waals surface area contributed by atoms with E-state index in [-0.39, 0.29) is 24.2 Å². The molecular weight excluding hydrogens is 418 g/mol. The zero-order valence-corrected chi connectivity index (χ0v) is 19.4. The molecule has 4 rings (SSSR count). The second-order valence-corrected chi connectivity index (χ2v) is 8.51. The molecule has 2 aromatic heterocycles.